The minimum Gasteiger partial charge on any atom is -0.462 e. The van der Waals surface area contributed by atoms with Crippen LogP contribution in [0.3, 0.4) is 0 Å². The summed E-state index contributed by atoms with van der Waals surface area (Å²) in [6.07, 6.45) is 5.81. The third kappa shape index (κ3) is 2.79. The number of ether oxygens (including phenoxy) is 1. The Morgan fingerprint density at radius 3 is 2.78 bits per heavy atom. The van der Waals surface area contributed by atoms with Gasteiger partial charge < -0.3 is 9.72 Å². The summed E-state index contributed by atoms with van der Waals surface area (Å²) >= 11 is 1.63. The number of hydrogen-bond donors (Lipinski definition) is 1. The molecule has 162 valence electrons. The molecule has 8 heteroatoms. The highest BCUT2D eigenvalue weighted by Gasteiger charge is 2.28. The molecule has 5 aromatic rings. The van der Waals surface area contributed by atoms with Gasteiger partial charge in [0.2, 0.25) is 0 Å². The Morgan fingerprint density at radius 2 is 1.97 bits per heavy atom. The number of fused-ring (bicyclic) bond motifs is 8. The summed E-state index contributed by atoms with van der Waals surface area (Å²) in [4.78, 5) is 41.1. The molecule has 1 aromatic carbocycles. The van der Waals surface area contributed by atoms with Crippen LogP contribution in [0.4, 0.5) is 0 Å². The standard InChI is InChI=1S/C24H22N4O3S/c1-2-3-12-31-24(30)18-19-21(26-15-10-6-5-9-14(15)25-19)28-20(18)27-22(29)17-13-8-4-7-11-16(13)32-23(17)28/h5-6,9-10H,2-4,7-8,11-12H2,1H3,(H,27,29). The number of hydrogen-bond acceptors (Lipinski definition) is 6. The van der Waals surface area contributed by atoms with E-state index < -0.39 is 5.97 Å². The first-order chi connectivity index (χ1) is 15.7. The van der Waals surface area contributed by atoms with Crippen molar-refractivity contribution in [3.05, 3.63) is 50.6 Å². The predicted molar refractivity (Wildman–Crippen MR) is 126 cm³/mol. The monoisotopic (exact) mass is 446 g/mol. The number of rotatable bonds is 4. The van der Waals surface area contributed by atoms with Gasteiger partial charge in [0.05, 0.1) is 23.0 Å². The Balaban J connectivity index is 1.74. The van der Waals surface area contributed by atoms with Gasteiger partial charge in [-0.1, -0.05) is 25.5 Å². The van der Waals surface area contributed by atoms with Crippen molar-refractivity contribution in [3.8, 4) is 0 Å². The smallest absolute Gasteiger partial charge is 0.344 e. The third-order valence-electron chi connectivity index (χ3n) is 6.21. The van der Waals surface area contributed by atoms with Crippen molar-refractivity contribution in [2.75, 3.05) is 6.61 Å². The van der Waals surface area contributed by atoms with Gasteiger partial charge in [0.15, 0.2) is 5.65 Å². The van der Waals surface area contributed by atoms with Crippen molar-refractivity contribution >= 4 is 55.4 Å². The summed E-state index contributed by atoms with van der Waals surface area (Å²) in [6, 6.07) is 7.59. The fraction of sp³-hybridized carbons (Fsp3) is 0.333. The van der Waals surface area contributed by atoms with Gasteiger partial charge in [-0.05, 0) is 49.8 Å². The molecule has 0 amide bonds. The maximum Gasteiger partial charge on any atom is 0.344 e. The predicted octanol–water partition coefficient (Wildman–Crippen LogP) is 4.77. The van der Waals surface area contributed by atoms with Crippen molar-refractivity contribution in [2.24, 2.45) is 0 Å². The van der Waals surface area contributed by atoms with Crippen LogP contribution in [-0.4, -0.2) is 31.9 Å². The second-order valence-corrected chi connectivity index (χ2v) is 9.36. The molecule has 0 saturated carbocycles. The number of aromatic nitrogens is 4. The maximum absolute atomic E-state index is 13.2. The zero-order valence-corrected chi connectivity index (χ0v) is 18.6. The summed E-state index contributed by atoms with van der Waals surface area (Å²) in [7, 11) is 0. The molecule has 0 unspecified atom stereocenters. The van der Waals surface area contributed by atoms with Gasteiger partial charge in [0.1, 0.15) is 21.6 Å². The molecule has 1 aliphatic carbocycles. The van der Waals surface area contributed by atoms with Gasteiger partial charge in [0.25, 0.3) is 5.56 Å². The topological polar surface area (TPSA) is 89.3 Å². The third-order valence-corrected chi connectivity index (χ3v) is 7.49. The average molecular weight is 447 g/mol. The first kappa shape index (κ1) is 19.4. The second kappa shape index (κ2) is 7.41. The van der Waals surface area contributed by atoms with E-state index in [9.17, 15) is 9.59 Å². The number of nitrogens with one attached hydrogen (secondary N) is 1. The molecule has 32 heavy (non-hydrogen) atoms. The highest BCUT2D eigenvalue weighted by molar-refractivity contribution is 7.19. The molecule has 4 heterocycles. The van der Waals surface area contributed by atoms with Gasteiger partial charge >= 0.3 is 5.97 Å². The highest BCUT2D eigenvalue weighted by atomic mass is 32.1. The van der Waals surface area contributed by atoms with E-state index in [-0.39, 0.29) is 11.1 Å². The van der Waals surface area contributed by atoms with E-state index in [0.29, 0.717) is 28.9 Å². The fourth-order valence-electron chi connectivity index (χ4n) is 4.65. The molecule has 7 nitrogen and oxygen atoms in total. The Labute approximate surface area is 187 Å². The van der Waals surface area contributed by atoms with Crippen LogP contribution in [0, 0.1) is 0 Å². The number of unbranched alkanes of at least 4 members (excludes halogenated alkanes) is 1. The van der Waals surface area contributed by atoms with Crippen LogP contribution in [0.1, 0.15) is 53.4 Å². The Hall–Kier alpha value is -3.26. The number of benzene rings is 1. The zero-order chi connectivity index (χ0) is 21.8. The number of esters is 1. The van der Waals surface area contributed by atoms with Crippen molar-refractivity contribution in [2.45, 2.75) is 45.4 Å². The quantitative estimate of drug-likeness (QED) is 0.317. The lowest BCUT2D eigenvalue weighted by Gasteiger charge is -2.09. The summed E-state index contributed by atoms with van der Waals surface area (Å²) in [5.41, 5.74) is 4.13. The SMILES string of the molecule is CCCCOC(=O)c1c2nc3ccccc3nc2n2c1[nH]c(=O)c1c3c(sc12)CCCC3. The van der Waals surface area contributed by atoms with Gasteiger partial charge in [-0.2, -0.15) is 0 Å². The molecule has 4 aromatic heterocycles. The molecule has 0 radical (unpaired) electrons. The molecule has 0 bridgehead atoms. The number of aromatic amines is 1. The molecular weight excluding hydrogens is 424 g/mol. The Bertz CT molecular complexity index is 1590. The van der Waals surface area contributed by atoms with Gasteiger partial charge in [-0.15, -0.1) is 11.3 Å². The number of carbonyl (C=O) groups is 1. The van der Waals surface area contributed by atoms with Crippen LogP contribution < -0.4 is 5.56 Å². The number of thiophene rings is 1. The van der Waals surface area contributed by atoms with Crippen molar-refractivity contribution in [3.63, 3.8) is 0 Å². The second-order valence-electron chi connectivity index (χ2n) is 8.28. The Kier molecular flexibility index (Phi) is 4.50. The van der Waals surface area contributed by atoms with Crippen molar-refractivity contribution < 1.29 is 9.53 Å². The lowest BCUT2D eigenvalue weighted by molar-refractivity contribution is 0.0504. The van der Waals surface area contributed by atoms with Crippen LogP contribution in [0.2, 0.25) is 0 Å². The average Bonchev–Trinajstić information content (AvgIpc) is 3.33. The number of H-pyrrole nitrogens is 1. The van der Waals surface area contributed by atoms with E-state index in [2.05, 4.69) is 4.98 Å². The van der Waals surface area contributed by atoms with Crippen LogP contribution in [0.5, 0.6) is 0 Å². The molecule has 0 aliphatic heterocycles. The molecular formula is C24H22N4O3S. The lowest BCUT2D eigenvalue weighted by Crippen LogP contribution is -2.13. The van der Waals surface area contributed by atoms with Crippen LogP contribution in [0.15, 0.2) is 29.1 Å². The van der Waals surface area contributed by atoms with Crippen molar-refractivity contribution in [1.82, 2.24) is 19.4 Å². The minimum absolute atomic E-state index is 0.165. The molecule has 0 atom stereocenters. The van der Waals surface area contributed by atoms with E-state index >= 15 is 0 Å². The molecule has 6 rings (SSSR count). The summed E-state index contributed by atoms with van der Waals surface area (Å²) in [5.74, 6) is -0.480. The summed E-state index contributed by atoms with van der Waals surface area (Å²) in [5, 5.41) is 0.718. The van der Waals surface area contributed by atoms with E-state index in [4.69, 9.17) is 14.7 Å². The van der Waals surface area contributed by atoms with Gasteiger partial charge in [-0.3, -0.25) is 9.20 Å². The number of aryl methyl sites for hydroxylation is 2. The van der Waals surface area contributed by atoms with E-state index in [1.807, 2.05) is 35.6 Å². The van der Waals surface area contributed by atoms with Crippen LogP contribution in [0.25, 0.3) is 38.1 Å². The van der Waals surface area contributed by atoms with E-state index in [1.54, 1.807) is 11.3 Å². The van der Waals surface area contributed by atoms with Gasteiger partial charge in [-0.25, -0.2) is 14.8 Å². The minimum atomic E-state index is -0.480. The van der Waals surface area contributed by atoms with Crippen LogP contribution >= 0.6 is 11.3 Å². The molecule has 0 spiro atoms. The van der Waals surface area contributed by atoms with Crippen LogP contribution in [-0.2, 0) is 17.6 Å². The maximum atomic E-state index is 13.2. The number of para-hydroxylation sites is 2. The first-order valence-corrected chi connectivity index (χ1v) is 11.9. The fourth-order valence-corrected chi connectivity index (χ4v) is 6.04. The highest BCUT2D eigenvalue weighted by Crippen LogP contribution is 2.37. The zero-order valence-electron chi connectivity index (χ0n) is 17.7. The number of carbonyl (C=O) groups excluding carboxylic acids is 1. The molecule has 0 saturated heterocycles. The molecule has 1 N–H and O–H groups in total. The van der Waals surface area contributed by atoms with E-state index in [1.165, 1.54) is 4.88 Å². The Morgan fingerprint density at radius 1 is 1.19 bits per heavy atom. The number of nitrogens with zero attached hydrogens (tertiary/aromatic N) is 3. The molecule has 0 fully saturated rings. The van der Waals surface area contributed by atoms with E-state index in [0.717, 1.165) is 59.8 Å². The summed E-state index contributed by atoms with van der Waals surface area (Å²) in [6.45, 7) is 2.37. The lowest BCUT2D eigenvalue weighted by atomic mass is 9.97. The van der Waals surface area contributed by atoms with Gasteiger partial charge in [0, 0.05) is 4.88 Å². The summed E-state index contributed by atoms with van der Waals surface area (Å²) < 4.78 is 7.46. The largest absolute Gasteiger partial charge is 0.462 e. The normalized spacial score (nSPS) is 13.9. The molecule has 1 aliphatic rings. The first-order valence-electron chi connectivity index (χ1n) is 11.1. The van der Waals surface area contributed by atoms with Crippen molar-refractivity contribution in [1.29, 1.82) is 0 Å².